The van der Waals surface area contributed by atoms with Crippen LogP contribution in [-0.2, 0) is 24.0 Å². The van der Waals surface area contributed by atoms with Crippen molar-refractivity contribution in [2.45, 2.75) is 76.5 Å². The molecular weight excluding hydrogens is 464 g/mol. The Hall–Kier alpha value is -2.38. The zero-order valence-corrected chi connectivity index (χ0v) is 21.0. The van der Waals surface area contributed by atoms with Gasteiger partial charge in [0, 0.05) is 6.42 Å². The molecule has 0 fully saturated rings. The second-order valence-corrected chi connectivity index (χ2v) is 9.35. The average molecular weight is 505 g/mol. The molecule has 0 spiro atoms. The van der Waals surface area contributed by atoms with Crippen LogP contribution in [0.2, 0.25) is 0 Å². The van der Waals surface area contributed by atoms with Crippen LogP contribution in [0.1, 0.15) is 52.4 Å². The summed E-state index contributed by atoms with van der Waals surface area (Å²) in [5, 5.41) is 17.1. The fraction of sp³-hybridized carbons (Fsp3) is 0.762. The summed E-state index contributed by atoms with van der Waals surface area (Å²) < 4.78 is 0. The molecule has 34 heavy (non-hydrogen) atoms. The largest absolute Gasteiger partial charge is 0.480 e. The summed E-state index contributed by atoms with van der Waals surface area (Å²) in [6.45, 7) is 3.85. The number of nitrogens with one attached hydrogen (secondary N) is 3. The highest BCUT2D eigenvalue weighted by Gasteiger charge is 2.31. The highest BCUT2D eigenvalue weighted by atomic mass is 32.2. The second-order valence-electron chi connectivity index (χ2n) is 8.37. The first-order valence-corrected chi connectivity index (χ1v) is 12.7. The maximum absolute atomic E-state index is 13.0. The first-order chi connectivity index (χ1) is 15.9. The van der Waals surface area contributed by atoms with Crippen LogP contribution in [0.5, 0.6) is 0 Å². The van der Waals surface area contributed by atoms with E-state index in [4.69, 9.17) is 17.2 Å². The van der Waals surface area contributed by atoms with Crippen LogP contribution in [0.25, 0.3) is 0 Å². The monoisotopic (exact) mass is 504 g/mol. The molecule has 10 N–H and O–H groups in total. The van der Waals surface area contributed by atoms with E-state index in [1.165, 1.54) is 11.8 Å². The third-order valence-corrected chi connectivity index (χ3v) is 5.73. The molecule has 0 aliphatic heterocycles. The van der Waals surface area contributed by atoms with E-state index in [0.29, 0.717) is 25.1 Å². The van der Waals surface area contributed by atoms with Gasteiger partial charge < -0.3 is 38.3 Å². The summed E-state index contributed by atoms with van der Waals surface area (Å²) in [6, 6.07) is -4.10. The lowest BCUT2D eigenvalue weighted by Gasteiger charge is -2.27. The molecule has 0 rings (SSSR count). The highest BCUT2D eigenvalue weighted by Crippen LogP contribution is 2.08. The third-order valence-electron chi connectivity index (χ3n) is 5.09. The fourth-order valence-electron chi connectivity index (χ4n) is 3.01. The summed E-state index contributed by atoms with van der Waals surface area (Å²) in [7, 11) is 0. The lowest BCUT2D eigenvalue weighted by Crippen LogP contribution is -2.58. The van der Waals surface area contributed by atoms with Gasteiger partial charge in [-0.15, -0.1) is 0 Å². The maximum Gasteiger partial charge on any atom is 0.326 e. The van der Waals surface area contributed by atoms with Gasteiger partial charge in [0.05, 0.1) is 6.04 Å². The van der Waals surface area contributed by atoms with Gasteiger partial charge in [-0.25, -0.2) is 4.79 Å². The molecule has 0 saturated heterocycles. The van der Waals surface area contributed by atoms with E-state index in [-0.39, 0.29) is 31.6 Å². The smallest absolute Gasteiger partial charge is 0.326 e. The number of hydrogen-bond acceptors (Lipinski definition) is 8. The standard InChI is InChI=1S/C21H40N6O6S/c1-12(2)17(27-18(29)13(23)7-8-16(24)28)20(31)25-14(9-11-34-3)19(30)26-15(21(32)33)6-4-5-10-22/h12-15,17H,4-11,22-23H2,1-3H3,(H2,24,28)(H,25,31)(H,26,30)(H,27,29)(H,32,33). The molecule has 0 heterocycles. The maximum atomic E-state index is 13.0. The average Bonchev–Trinajstić information content (AvgIpc) is 2.76. The minimum absolute atomic E-state index is 0.0348. The minimum atomic E-state index is -1.17. The number of aliphatic carboxylic acids is 1. The predicted octanol–water partition coefficient (Wildman–Crippen LogP) is -1.34. The quantitative estimate of drug-likeness (QED) is 0.110. The van der Waals surface area contributed by atoms with Gasteiger partial charge in [0.25, 0.3) is 0 Å². The summed E-state index contributed by atoms with van der Waals surface area (Å²) in [4.78, 5) is 60.6. The number of unbranched alkanes of at least 4 members (excludes halogenated alkanes) is 1. The van der Waals surface area contributed by atoms with Crippen molar-refractivity contribution in [2.24, 2.45) is 23.1 Å². The fourth-order valence-corrected chi connectivity index (χ4v) is 3.48. The minimum Gasteiger partial charge on any atom is -0.480 e. The molecule has 0 bridgehead atoms. The van der Waals surface area contributed by atoms with Gasteiger partial charge in [0.1, 0.15) is 18.1 Å². The first-order valence-electron chi connectivity index (χ1n) is 11.3. The molecule has 0 aliphatic carbocycles. The number of carboxylic acids is 1. The van der Waals surface area contributed by atoms with Crippen LogP contribution >= 0.6 is 11.8 Å². The third kappa shape index (κ3) is 12.8. The molecule has 0 saturated carbocycles. The second kappa shape index (κ2) is 17.1. The Labute approximate surface area is 204 Å². The van der Waals surface area contributed by atoms with Crippen LogP contribution < -0.4 is 33.2 Å². The number of carbonyl (C=O) groups excluding carboxylic acids is 4. The van der Waals surface area contributed by atoms with Crippen LogP contribution in [-0.4, -0.2) is 77.4 Å². The molecule has 0 aliphatic rings. The van der Waals surface area contributed by atoms with Crippen LogP contribution in [0.15, 0.2) is 0 Å². The Morgan fingerprint density at radius 3 is 2.00 bits per heavy atom. The number of hydrogen-bond donors (Lipinski definition) is 7. The van der Waals surface area contributed by atoms with Gasteiger partial charge in [-0.05, 0) is 56.6 Å². The van der Waals surface area contributed by atoms with Gasteiger partial charge in [-0.2, -0.15) is 11.8 Å². The SMILES string of the molecule is CSCCC(NC(=O)C(NC(=O)C(N)CCC(N)=O)C(C)C)C(=O)NC(CCCCN)C(=O)O. The van der Waals surface area contributed by atoms with E-state index in [0.717, 1.165) is 0 Å². The topological polar surface area (TPSA) is 220 Å². The van der Waals surface area contributed by atoms with E-state index < -0.39 is 53.8 Å². The van der Waals surface area contributed by atoms with E-state index in [9.17, 15) is 29.1 Å². The number of thioether (sulfide) groups is 1. The summed E-state index contributed by atoms with van der Waals surface area (Å²) >= 11 is 1.47. The Kier molecular flexibility index (Phi) is 15.9. The van der Waals surface area contributed by atoms with Crippen molar-refractivity contribution in [1.82, 2.24) is 16.0 Å². The number of rotatable bonds is 18. The van der Waals surface area contributed by atoms with Crippen molar-refractivity contribution in [3.8, 4) is 0 Å². The van der Waals surface area contributed by atoms with Crippen LogP contribution in [0.3, 0.4) is 0 Å². The molecule has 0 radical (unpaired) electrons. The first kappa shape index (κ1) is 31.6. The van der Waals surface area contributed by atoms with Crippen LogP contribution in [0, 0.1) is 5.92 Å². The number of carbonyl (C=O) groups is 5. The summed E-state index contributed by atoms with van der Waals surface area (Å²) in [5.41, 5.74) is 16.3. The number of amides is 4. The molecule has 4 amide bonds. The molecule has 4 atom stereocenters. The molecule has 196 valence electrons. The molecule has 0 aromatic carbocycles. The van der Waals surface area contributed by atoms with Crippen molar-refractivity contribution in [3.63, 3.8) is 0 Å². The Bertz CT molecular complexity index is 693. The molecule has 12 nitrogen and oxygen atoms in total. The zero-order valence-electron chi connectivity index (χ0n) is 20.2. The van der Waals surface area contributed by atoms with Gasteiger partial charge >= 0.3 is 5.97 Å². The van der Waals surface area contributed by atoms with E-state index in [1.54, 1.807) is 13.8 Å². The Morgan fingerprint density at radius 1 is 0.882 bits per heavy atom. The highest BCUT2D eigenvalue weighted by molar-refractivity contribution is 7.98. The molecule has 0 aromatic heterocycles. The lowest BCUT2D eigenvalue weighted by molar-refractivity contribution is -0.142. The Balaban J connectivity index is 5.31. The number of carboxylic acid groups (broad SMARTS) is 1. The summed E-state index contributed by atoms with van der Waals surface area (Å²) in [6.07, 6.45) is 3.46. The number of primary amides is 1. The van der Waals surface area contributed by atoms with Gasteiger partial charge in [-0.1, -0.05) is 13.8 Å². The van der Waals surface area contributed by atoms with Crippen molar-refractivity contribution in [1.29, 1.82) is 0 Å². The van der Waals surface area contributed by atoms with Gasteiger partial charge in [0.2, 0.25) is 23.6 Å². The van der Waals surface area contributed by atoms with E-state index >= 15 is 0 Å². The molecule has 4 unspecified atom stereocenters. The normalized spacial score (nSPS) is 14.5. The van der Waals surface area contributed by atoms with Crippen molar-refractivity contribution >= 4 is 41.4 Å². The van der Waals surface area contributed by atoms with Gasteiger partial charge in [-0.3, -0.25) is 19.2 Å². The van der Waals surface area contributed by atoms with Crippen molar-refractivity contribution in [3.05, 3.63) is 0 Å². The van der Waals surface area contributed by atoms with Crippen molar-refractivity contribution in [2.75, 3.05) is 18.6 Å². The van der Waals surface area contributed by atoms with Crippen molar-refractivity contribution < 1.29 is 29.1 Å². The van der Waals surface area contributed by atoms with E-state index in [2.05, 4.69) is 16.0 Å². The zero-order chi connectivity index (χ0) is 26.3. The molecule has 0 aromatic rings. The number of nitrogens with two attached hydrogens (primary N) is 3. The summed E-state index contributed by atoms with van der Waals surface area (Å²) in [5.74, 6) is -3.38. The van der Waals surface area contributed by atoms with Crippen LogP contribution in [0.4, 0.5) is 0 Å². The van der Waals surface area contributed by atoms with E-state index in [1.807, 2.05) is 6.26 Å². The predicted molar refractivity (Wildman–Crippen MR) is 131 cm³/mol. The lowest BCUT2D eigenvalue weighted by atomic mass is 10.0. The Morgan fingerprint density at radius 2 is 1.50 bits per heavy atom. The molecular formula is C21H40N6O6S. The van der Waals surface area contributed by atoms with Gasteiger partial charge in [0.15, 0.2) is 0 Å². The molecule has 13 heteroatoms.